The molecule has 2 aromatic rings. The molecule has 1 amide bonds. The number of carbonyl (C=O) groups excluding carboxylic acids is 1. The van der Waals surface area contributed by atoms with E-state index in [1.165, 1.54) is 31.3 Å². The van der Waals surface area contributed by atoms with E-state index in [-0.39, 0.29) is 5.69 Å². The first-order valence-electron chi connectivity index (χ1n) is 7.75. The Hall–Kier alpha value is -2.74. The number of hydrogen-bond acceptors (Lipinski definition) is 4. The lowest BCUT2D eigenvalue weighted by Gasteiger charge is -2.45. The van der Waals surface area contributed by atoms with Crippen molar-refractivity contribution in [3.8, 4) is 11.5 Å². The first-order valence-corrected chi connectivity index (χ1v) is 7.75. The van der Waals surface area contributed by atoms with E-state index in [9.17, 15) is 18.0 Å². The van der Waals surface area contributed by atoms with Gasteiger partial charge >= 0.3 is 6.18 Å². The van der Waals surface area contributed by atoms with Crippen LogP contribution in [-0.4, -0.2) is 26.2 Å². The van der Waals surface area contributed by atoms with Gasteiger partial charge in [-0.1, -0.05) is 12.1 Å². The summed E-state index contributed by atoms with van der Waals surface area (Å²) in [6, 6.07) is 8.21. The van der Waals surface area contributed by atoms with E-state index in [2.05, 4.69) is 0 Å². The van der Waals surface area contributed by atoms with Gasteiger partial charge in [-0.3, -0.25) is 4.79 Å². The number of anilines is 1. The van der Waals surface area contributed by atoms with E-state index in [0.29, 0.717) is 17.1 Å². The van der Waals surface area contributed by atoms with Crippen molar-refractivity contribution in [2.45, 2.75) is 18.3 Å². The highest BCUT2D eigenvalue weighted by Crippen LogP contribution is 2.42. The number of alkyl halides is 3. The Bertz CT molecular complexity index is 839. The lowest BCUT2D eigenvalue weighted by molar-refractivity contribution is -0.137. The number of nitrogens with two attached hydrogens (primary N) is 1. The van der Waals surface area contributed by atoms with Crippen LogP contribution in [0.4, 0.5) is 18.9 Å². The third-order valence-corrected chi connectivity index (χ3v) is 4.34. The smallest absolute Gasteiger partial charge is 0.416 e. The van der Waals surface area contributed by atoms with Crippen molar-refractivity contribution in [1.29, 1.82) is 0 Å². The predicted molar refractivity (Wildman–Crippen MR) is 89.2 cm³/mol. The molecule has 26 heavy (non-hydrogen) atoms. The highest BCUT2D eigenvalue weighted by atomic mass is 19.4. The van der Waals surface area contributed by atoms with E-state index in [4.69, 9.17) is 15.2 Å². The average Bonchev–Trinajstić information content (AvgIpc) is 2.64. The minimum atomic E-state index is -4.50. The Morgan fingerprint density at radius 3 is 2.35 bits per heavy atom. The van der Waals surface area contributed by atoms with Crippen molar-refractivity contribution in [1.82, 2.24) is 0 Å². The van der Waals surface area contributed by atoms with Gasteiger partial charge in [0.1, 0.15) is 6.04 Å². The van der Waals surface area contributed by atoms with Gasteiger partial charge in [-0.05, 0) is 35.9 Å². The Morgan fingerprint density at radius 1 is 1.04 bits per heavy atom. The monoisotopic (exact) mass is 366 g/mol. The second kappa shape index (κ2) is 6.53. The fourth-order valence-electron chi connectivity index (χ4n) is 3.02. The van der Waals surface area contributed by atoms with Gasteiger partial charge in [0.2, 0.25) is 5.91 Å². The number of halogens is 3. The Labute approximate surface area is 148 Å². The standard InChI is InChI=1S/C18H17F3N2O3/c1-25-13-7-6-10(8-14(13)26-2)16-15(22)17(24)23(16)12-5-3-4-11(9-12)18(19,20)21/h3-9,15-16H,22H2,1-2H3/t15-,16+/m1/s1. The molecule has 1 aliphatic rings. The number of ether oxygens (including phenoxy) is 2. The summed E-state index contributed by atoms with van der Waals surface area (Å²) in [5.41, 5.74) is 5.89. The van der Waals surface area contributed by atoms with E-state index >= 15 is 0 Å². The number of rotatable bonds is 4. The minimum absolute atomic E-state index is 0.145. The number of benzene rings is 2. The molecule has 5 nitrogen and oxygen atoms in total. The van der Waals surface area contributed by atoms with E-state index in [0.717, 1.165) is 12.1 Å². The third kappa shape index (κ3) is 2.96. The van der Waals surface area contributed by atoms with Crippen molar-refractivity contribution < 1.29 is 27.4 Å². The zero-order chi connectivity index (χ0) is 19.1. The lowest BCUT2D eigenvalue weighted by Crippen LogP contribution is -2.63. The molecular weight excluding hydrogens is 349 g/mol. The zero-order valence-electron chi connectivity index (χ0n) is 14.1. The fourth-order valence-corrected chi connectivity index (χ4v) is 3.02. The van der Waals surface area contributed by atoms with E-state index < -0.39 is 29.7 Å². The van der Waals surface area contributed by atoms with Crippen LogP contribution >= 0.6 is 0 Å². The molecule has 1 aliphatic heterocycles. The second-order valence-corrected chi connectivity index (χ2v) is 5.84. The molecule has 2 aromatic carbocycles. The van der Waals surface area contributed by atoms with Crippen LogP contribution in [0.2, 0.25) is 0 Å². The highest BCUT2D eigenvalue weighted by Gasteiger charge is 2.47. The summed E-state index contributed by atoms with van der Waals surface area (Å²) < 4.78 is 49.3. The molecule has 1 saturated heterocycles. The molecule has 1 heterocycles. The molecule has 0 unspecified atom stereocenters. The highest BCUT2D eigenvalue weighted by molar-refractivity contribution is 6.05. The van der Waals surface area contributed by atoms with Crippen LogP contribution in [0.3, 0.4) is 0 Å². The first kappa shape index (κ1) is 18.1. The van der Waals surface area contributed by atoms with Gasteiger partial charge in [0.15, 0.2) is 11.5 Å². The number of β-lactam (4-membered cyclic amide) rings is 1. The van der Waals surface area contributed by atoms with Crippen LogP contribution < -0.4 is 20.1 Å². The van der Waals surface area contributed by atoms with Gasteiger partial charge in [0, 0.05) is 5.69 Å². The Kier molecular flexibility index (Phi) is 4.53. The van der Waals surface area contributed by atoms with E-state index in [1.807, 2.05) is 0 Å². The summed E-state index contributed by atoms with van der Waals surface area (Å²) >= 11 is 0. The molecular formula is C18H17F3N2O3. The number of nitrogens with zero attached hydrogens (tertiary/aromatic N) is 1. The molecule has 0 radical (unpaired) electrons. The lowest BCUT2D eigenvalue weighted by atomic mass is 9.88. The topological polar surface area (TPSA) is 64.8 Å². The summed E-state index contributed by atoms with van der Waals surface area (Å²) in [4.78, 5) is 13.5. The first-order chi connectivity index (χ1) is 12.3. The molecule has 0 saturated carbocycles. The van der Waals surface area contributed by atoms with Crippen molar-refractivity contribution in [3.63, 3.8) is 0 Å². The quantitative estimate of drug-likeness (QED) is 0.845. The van der Waals surface area contributed by atoms with Crippen LogP contribution in [0.15, 0.2) is 42.5 Å². The number of methoxy groups -OCH3 is 2. The van der Waals surface area contributed by atoms with Gasteiger partial charge < -0.3 is 20.1 Å². The van der Waals surface area contributed by atoms with E-state index in [1.54, 1.807) is 18.2 Å². The fraction of sp³-hybridized carbons (Fsp3) is 0.278. The number of amides is 1. The normalized spacial score (nSPS) is 19.9. The molecule has 138 valence electrons. The minimum Gasteiger partial charge on any atom is -0.493 e. The molecule has 0 aromatic heterocycles. The largest absolute Gasteiger partial charge is 0.493 e. The van der Waals surface area contributed by atoms with Crippen molar-refractivity contribution in [2.75, 3.05) is 19.1 Å². The van der Waals surface area contributed by atoms with Crippen molar-refractivity contribution in [3.05, 3.63) is 53.6 Å². The maximum atomic E-state index is 13.0. The molecule has 1 fully saturated rings. The van der Waals surface area contributed by atoms with Crippen LogP contribution in [0, 0.1) is 0 Å². The molecule has 8 heteroatoms. The van der Waals surface area contributed by atoms with Crippen LogP contribution in [0.5, 0.6) is 11.5 Å². The summed E-state index contributed by atoms with van der Waals surface area (Å²) in [7, 11) is 2.96. The maximum Gasteiger partial charge on any atom is 0.416 e. The van der Waals surface area contributed by atoms with Crippen LogP contribution in [0.1, 0.15) is 17.2 Å². The van der Waals surface area contributed by atoms with Gasteiger partial charge in [0.25, 0.3) is 0 Å². The Balaban J connectivity index is 1.99. The summed E-state index contributed by atoms with van der Waals surface area (Å²) in [5.74, 6) is 0.505. The Morgan fingerprint density at radius 2 is 1.73 bits per heavy atom. The predicted octanol–water partition coefficient (Wildman–Crippen LogP) is 3.14. The zero-order valence-corrected chi connectivity index (χ0v) is 14.1. The summed E-state index contributed by atoms with van der Waals surface area (Å²) in [6.45, 7) is 0. The van der Waals surface area contributed by atoms with Gasteiger partial charge in [-0.15, -0.1) is 0 Å². The molecule has 2 atom stereocenters. The number of carbonyl (C=O) groups is 1. The third-order valence-electron chi connectivity index (χ3n) is 4.34. The molecule has 0 aliphatic carbocycles. The second-order valence-electron chi connectivity index (χ2n) is 5.84. The van der Waals surface area contributed by atoms with Crippen molar-refractivity contribution >= 4 is 11.6 Å². The van der Waals surface area contributed by atoms with Crippen molar-refractivity contribution in [2.24, 2.45) is 5.73 Å². The molecule has 2 N–H and O–H groups in total. The SMILES string of the molecule is COc1ccc([C@H]2[C@@H](N)C(=O)N2c2cccc(C(F)(F)F)c2)cc1OC. The van der Waals surface area contributed by atoms with Gasteiger partial charge in [-0.25, -0.2) is 0 Å². The molecule has 0 bridgehead atoms. The summed E-state index contributed by atoms with van der Waals surface area (Å²) in [5, 5.41) is 0. The number of hydrogen-bond donors (Lipinski definition) is 1. The maximum absolute atomic E-state index is 13.0. The summed E-state index contributed by atoms with van der Waals surface area (Å²) in [6.07, 6.45) is -4.50. The average molecular weight is 366 g/mol. The van der Waals surface area contributed by atoms with Crippen LogP contribution in [-0.2, 0) is 11.0 Å². The van der Waals surface area contributed by atoms with Gasteiger partial charge in [0.05, 0.1) is 25.8 Å². The molecule has 0 spiro atoms. The van der Waals surface area contributed by atoms with Crippen LogP contribution in [0.25, 0.3) is 0 Å². The van der Waals surface area contributed by atoms with Gasteiger partial charge in [-0.2, -0.15) is 13.2 Å². The molecule has 3 rings (SSSR count).